The Kier molecular flexibility index (Phi) is 6.08. The fraction of sp³-hybridized carbons (Fsp3) is 0.682. The smallest absolute Gasteiger partial charge is 0.410 e. The fourth-order valence-electron chi connectivity index (χ4n) is 4.42. The number of carbonyl (C=O) groups excluding carboxylic acids is 1. The van der Waals surface area contributed by atoms with Gasteiger partial charge in [-0.05, 0) is 81.5 Å². The molecule has 6 nitrogen and oxygen atoms in total. The number of carbonyl (C=O) groups is 1. The number of hydrogen-bond donors (Lipinski definition) is 1. The van der Waals surface area contributed by atoms with E-state index in [0.717, 1.165) is 50.3 Å². The van der Waals surface area contributed by atoms with Gasteiger partial charge in [-0.15, -0.1) is 0 Å². The zero-order valence-electron chi connectivity index (χ0n) is 17.8. The number of methoxy groups -OCH3 is 2. The molecule has 1 heterocycles. The van der Waals surface area contributed by atoms with Crippen molar-refractivity contribution in [3.63, 3.8) is 0 Å². The summed E-state index contributed by atoms with van der Waals surface area (Å²) in [6.07, 6.45) is 3.87. The first-order chi connectivity index (χ1) is 13.2. The number of ether oxygens (including phenoxy) is 3. The summed E-state index contributed by atoms with van der Waals surface area (Å²) in [7, 11) is 3.32. The minimum absolute atomic E-state index is 0.0266. The van der Waals surface area contributed by atoms with Crippen molar-refractivity contribution in [2.24, 2.45) is 17.6 Å². The summed E-state index contributed by atoms with van der Waals surface area (Å²) in [4.78, 5) is 14.1. The maximum atomic E-state index is 12.2. The number of amides is 1. The average Bonchev–Trinajstić information content (AvgIpc) is 2.94. The van der Waals surface area contributed by atoms with Gasteiger partial charge in [-0.1, -0.05) is 0 Å². The van der Waals surface area contributed by atoms with Gasteiger partial charge < -0.3 is 24.8 Å². The van der Waals surface area contributed by atoms with E-state index in [0.29, 0.717) is 11.8 Å². The van der Waals surface area contributed by atoms with Crippen LogP contribution < -0.4 is 15.2 Å². The molecule has 2 aliphatic rings. The van der Waals surface area contributed by atoms with Crippen LogP contribution >= 0.6 is 0 Å². The van der Waals surface area contributed by atoms with E-state index in [1.54, 1.807) is 14.2 Å². The van der Waals surface area contributed by atoms with Crippen LogP contribution in [0.2, 0.25) is 0 Å². The number of fused-ring (bicyclic) bond motifs is 1. The molecule has 1 aliphatic carbocycles. The molecule has 2 N–H and O–H groups in total. The van der Waals surface area contributed by atoms with Gasteiger partial charge in [0.05, 0.1) is 14.2 Å². The van der Waals surface area contributed by atoms with Gasteiger partial charge >= 0.3 is 6.09 Å². The van der Waals surface area contributed by atoms with Gasteiger partial charge in [0.15, 0.2) is 11.5 Å². The predicted molar refractivity (Wildman–Crippen MR) is 109 cm³/mol. The van der Waals surface area contributed by atoms with Gasteiger partial charge in [0.2, 0.25) is 0 Å². The molecular weight excluding hydrogens is 356 g/mol. The summed E-state index contributed by atoms with van der Waals surface area (Å²) in [5.74, 6) is 2.51. The Balaban J connectivity index is 1.56. The number of nitrogens with zero attached hydrogens (tertiary/aromatic N) is 1. The molecule has 1 aliphatic heterocycles. The molecule has 0 saturated carbocycles. The maximum absolute atomic E-state index is 12.2. The summed E-state index contributed by atoms with van der Waals surface area (Å²) in [5.41, 5.74) is 8.58. The molecule has 0 aromatic heterocycles. The molecule has 2 unspecified atom stereocenters. The number of piperidine rings is 1. The first-order valence-electron chi connectivity index (χ1n) is 10.2. The van der Waals surface area contributed by atoms with Crippen LogP contribution in [0.1, 0.15) is 57.2 Å². The highest BCUT2D eigenvalue weighted by Crippen LogP contribution is 2.44. The Hall–Kier alpha value is -1.95. The monoisotopic (exact) mass is 390 g/mol. The van der Waals surface area contributed by atoms with Gasteiger partial charge in [0, 0.05) is 19.1 Å². The van der Waals surface area contributed by atoms with E-state index >= 15 is 0 Å². The standard InChI is InChI=1S/C22H34N2O4/c1-22(2,3)28-21(25)24-8-6-14(7-9-24)10-16-11-15-12-18(26-4)19(27-5)13-17(15)20(16)23/h12-14,16,20H,6-11,23H2,1-5H3. The normalized spacial score (nSPS) is 22.7. The molecule has 1 aromatic rings. The van der Waals surface area contributed by atoms with Gasteiger partial charge in [-0.3, -0.25) is 0 Å². The minimum Gasteiger partial charge on any atom is -0.493 e. The van der Waals surface area contributed by atoms with E-state index in [9.17, 15) is 4.79 Å². The van der Waals surface area contributed by atoms with E-state index < -0.39 is 5.60 Å². The topological polar surface area (TPSA) is 74.0 Å². The Morgan fingerprint density at radius 1 is 1.14 bits per heavy atom. The van der Waals surface area contributed by atoms with Crippen molar-refractivity contribution < 1.29 is 19.0 Å². The van der Waals surface area contributed by atoms with Gasteiger partial charge in [-0.25, -0.2) is 4.79 Å². The maximum Gasteiger partial charge on any atom is 0.410 e. The summed E-state index contributed by atoms with van der Waals surface area (Å²) in [5, 5.41) is 0. The fourth-order valence-corrected chi connectivity index (χ4v) is 4.42. The first-order valence-corrected chi connectivity index (χ1v) is 10.2. The Bertz CT molecular complexity index is 705. The van der Waals surface area contributed by atoms with Gasteiger partial charge in [-0.2, -0.15) is 0 Å². The molecule has 0 bridgehead atoms. The van der Waals surface area contributed by atoms with Crippen molar-refractivity contribution in [1.82, 2.24) is 4.90 Å². The molecule has 0 radical (unpaired) electrons. The lowest BCUT2D eigenvalue weighted by molar-refractivity contribution is 0.0174. The lowest BCUT2D eigenvalue weighted by atomic mass is 9.84. The van der Waals surface area contributed by atoms with Crippen LogP contribution in [-0.4, -0.2) is 43.9 Å². The highest BCUT2D eigenvalue weighted by atomic mass is 16.6. The van der Waals surface area contributed by atoms with Crippen molar-refractivity contribution in [3.05, 3.63) is 23.3 Å². The quantitative estimate of drug-likeness (QED) is 0.844. The van der Waals surface area contributed by atoms with Crippen LogP contribution in [-0.2, 0) is 11.2 Å². The van der Waals surface area contributed by atoms with Crippen LogP contribution in [0.3, 0.4) is 0 Å². The molecule has 28 heavy (non-hydrogen) atoms. The SMILES string of the molecule is COc1cc2c(cc1OC)C(N)C(CC1CCN(C(=O)OC(C)(C)C)CC1)C2. The average molecular weight is 391 g/mol. The first kappa shape index (κ1) is 20.8. The molecule has 1 fully saturated rings. The lowest BCUT2D eigenvalue weighted by Gasteiger charge is -2.34. The molecule has 156 valence electrons. The summed E-state index contributed by atoms with van der Waals surface area (Å²) >= 11 is 0. The van der Waals surface area contributed by atoms with E-state index in [4.69, 9.17) is 19.9 Å². The molecule has 6 heteroatoms. The van der Waals surface area contributed by atoms with Crippen molar-refractivity contribution in [3.8, 4) is 11.5 Å². The highest BCUT2D eigenvalue weighted by molar-refractivity contribution is 5.68. The summed E-state index contributed by atoms with van der Waals surface area (Å²) in [6, 6.07) is 4.13. The molecule has 3 rings (SSSR count). The molecule has 1 aromatic carbocycles. The van der Waals surface area contributed by atoms with Crippen LogP contribution in [0.25, 0.3) is 0 Å². The number of hydrogen-bond acceptors (Lipinski definition) is 5. The second-order valence-corrected chi connectivity index (χ2v) is 9.04. The van der Waals surface area contributed by atoms with Crippen molar-refractivity contribution >= 4 is 6.09 Å². The predicted octanol–water partition coefficient (Wildman–Crippen LogP) is 3.91. The van der Waals surface area contributed by atoms with E-state index in [1.807, 2.05) is 31.7 Å². The molecule has 0 spiro atoms. The van der Waals surface area contributed by atoms with Crippen LogP contribution in [0.4, 0.5) is 4.79 Å². The highest BCUT2D eigenvalue weighted by Gasteiger charge is 2.34. The largest absolute Gasteiger partial charge is 0.493 e. The molecular formula is C22H34N2O4. The summed E-state index contributed by atoms with van der Waals surface area (Å²) in [6.45, 7) is 7.23. The van der Waals surface area contributed by atoms with Crippen molar-refractivity contribution in [2.75, 3.05) is 27.3 Å². The van der Waals surface area contributed by atoms with E-state index in [1.165, 1.54) is 11.1 Å². The van der Waals surface area contributed by atoms with E-state index in [-0.39, 0.29) is 12.1 Å². The molecule has 1 saturated heterocycles. The van der Waals surface area contributed by atoms with Crippen molar-refractivity contribution in [2.45, 2.75) is 58.1 Å². The Labute approximate surface area is 168 Å². The third kappa shape index (κ3) is 4.54. The second kappa shape index (κ2) is 8.19. The number of benzene rings is 1. The zero-order valence-corrected chi connectivity index (χ0v) is 17.8. The Morgan fingerprint density at radius 3 is 2.32 bits per heavy atom. The third-order valence-electron chi connectivity index (χ3n) is 5.90. The van der Waals surface area contributed by atoms with Crippen LogP contribution in [0.5, 0.6) is 11.5 Å². The Morgan fingerprint density at radius 2 is 1.75 bits per heavy atom. The van der Waals surface area contributed by atoms with Gasteiger partial charge in [0.1, 0.15) is 5.60 Å². The molecule has 2 atom stereocenters. The second-order valence-electron chi connectivity index (χ2n) is 9.04. The van der Waals surface area contributed by atoms with Crippen LogP contribution in [0, 0.1) is 11.8 Å². The molecule has 1 amide bonds. The van der Waals surface area contributed by atoms with Crippen LogP contribution in [0.15, 0.2) is 12.1 Å². The minimum atomic E-state index is -0.446. The van der Waals surface area contributed by atoms with Crippen molar-refractivity contribution in [1.29, 1.82) is 0 Å². The van der Waals surface area contributed by atoms with E-state index in [2.05, 4.69) is 6.07 Å². The zero-order chi connectivity index (χ0) is 20.5. The summed E-state index contributed by atoms with van der Waals surface area (Å²) < 4.78 is 16.4. The third-order valence-corrected chi connectivity index (χ3v) is 5.90. The number of rotatable bonds is 4. The number of nitrogens with two attached hydrogens (primary N) is 1. The lowest BCUT2D eigenvalue weighted by Crippen LogP contribution is -2.42. The van der Waals surface area contributed by atoms with Gasteiger partial charge in [0.25, 0.3) is 0 Å². The number of likely N-dealkylation sites (tertiary alicyclic amines) is 1.